The van der Waals surface area contributed by atoms with Gasteiger partial charge in [0.2, 0.25) is 0 Å². The molecule has 23 heavy (non-hydrogen) atoms. The molecule has 6 heteroatoms. The van der Waals surface area contributed by atoms with Crippen molar-refractivity contribution in [2.75, 3.05) is 6.16 Å². The molecule has 1 saturated heterocycles. The number of cyclic esters (lactones) is 1. The highest BCUT2D eigenvalue weighted by Gasteiger charge is 2.49. The van der Waals surface area contributed by atoms with E-state index in [9.17, 15) is 9.36 Å². The first-order valence-electron chi connectivity index (χ1n) is 7.98. The van der Waals surface area contributed by atoms with Gasteiger partial charge < -0.3 is 13.8 Å². The Hall–Kier alpha value is -1.16. The van der Waals surface area contributed by atoms with E-state index in [2.05, 4.69) is 0 Å². The van der Waals surface area contributed by atoms with Gasteiger partial charge in [-0.2, -0.15) is 0 Å². The summed E-state index contributed by atoms with van der Waals surface area (Å²) in [4.78, 5) is 11.8. The number of benzene rings is 1. The van der Waals surface area contributed by atoms with Gasteiger partial charge in [0, 0.05) is 12.8 Å². The number of ether oxygens (including phenoxy) is 1. The minimum absolute atomic E-state index is 0.0338. The number of hydrogen-bond donors (Lipinski definition) is 0. The van der Waals surface area contributed by atoms with Crippen molar-refractivity contribution in [3.8, 4) is 0 Å². The molecule has 0 radical (unpaired) electrons. The molecule has 1 aromatic rings. The van der Waals surface area contributed by atoms with Crippen LogP contribution in [0.25, 0.3) is 0 Å². The molecule has 0 spiro atoms. The molecule has 1 heterocycles. The molecule has 1 aromatic carbocycles. The predicted molar refractivity (Wildman–Crippen MR) is 88.4 cm³/mol. The van der Waals surface area contributed by atoms with Crippen LogP contribution in [0.3, 0.4) is 0 Å². The van der Waals surface area contributed by atoms with Gasteiger partial charge in [-0.15, -0.1) is 0 Å². The first kappa shape index (κ1) is 18.2. The molecular formula is C17H25O5P. The monoisotopic (exact) mass is 340 g/mol. The fourth-order valence-electron chi connectivity index (χ4n) is 2.83. The molecule has 1 aliphatic rings. The van der Waals surface area contributed by atoms with Gasteiger partial charge in [-0.3, -0.25) is 9.36 Å². The normalized spacial score (nSPS) is 21.9. The lowest BCUT2D eigenvalue weighted by Crippen LogP contribution is -2.32. The van der Waals surface area contributed by atoms with E-state index < -0.39 is 13.2 Å². The minimum atomic E-state index is -3.42. The van der Waals surface area contributed by atoms with Crippen LogP contribution in [0, 0.1) is 0 Å². The van der Waals surface area contributed by atoms with Crippen LogP contribution in [-0.2, 0) is 28.7 Å². The van der Waals surface area contributed by atoms with Crippen molar-refractivity contribution in [2.45, 2.75) is 58.3 Å². The van der Waals surface area contributed by atoms with Crippen LogP contribution in [0.1, 0.15) is 46.1 Å². The summed E-state index contributed by atoms with van der Waals surface area (Å²) in [6.45, 7) is 7.25. The first-order valence-corrected chi connectivity index (χ1v) is 9.71. The lowest BCUT2D eigenvalue weighted by Gasteiger charge is -2.33. The Morgan fingerprint density at radius 2 is 1.70 bits per heavy atom. The van der Waals surface area contributed by atoms with Gasteiger partial charge >= 0.3 is 13.6 Å². The second-order valence-corrected chi connectivity index (χ2v) is 8.37. The Morgan fingerprint density at radius 1 is 1.13 bits per heavy atom. The Balaban J connectivity index is 2.36. The summed E-state index contributed by atoms with van der Waals surface area (Å²) in [5, 5.41) is 0. The average Bonchev–Trinajstić information content (AvgIpc) is 2.79. The Kier molecular flexibility index (Phi) is 5.66. The third-order valence-corrected chi connectivity index (χ3v) is 5.92. The fraction of sp³-hybridized carbons (Fsp3) is 0.588. The number of esters is 1. The van der Waals surface area contributed by atoms with E-state index in [1.54, 1.807) is 0 Å². The second kappa shape index (κ2) is 7.16. The summed E-state index contributed by atoms with van der Waals surface area (Å²) in [7, 11) is -3.42. The smallest absolute Gasteiger partial charge is 0.335 e. The summed E-state index contributed by atoms with van der Waals surface area (Å²) in [5.74, 6) is -0.283. The maximum Gasteiger partial charge on any atom is 0.335 e. The van der Waals surface area contributed by atoms with E-state index in [0.29, 0.717) is 12.8 Å². The number of rotatable bonds is 7. The molecule has 2 rings (SSSR count). The van der Waals surface area contributed by atoms with Gasteiger partial charge in [0.15, 0.2) is 0 Å². The Bertz CT molecular complexity index is 570. The largest absolute Gasteiger partial charge is 0.453 e. The molecule has 1 fully saturated rings. The molecular weight excluding hydrogens is 315 g/mol. The molecule has 128 valence electrons. The third-order valence-electron chi connectivity index (χ3n) is 3.53. The van der Waals surface area contributed by atoms with E-state index in [1.807, 2.05) is 58.0 Å². The van der Waals surface area contributed by atoms with E-state index >= 15 is 0 Å². The standard InChI is InChI=1S/C17H25O5P/c1-13(2)21-23(19,22-14(3)4)12-17(11-10-16(18)20-17)15-8-6-5-7-9-15/h5-9,13-14H,10-12H2,1-4H3. The topological polar surface area (TPSA) is 61.8 Å². The molecule has 0 amide bonds. The van der Waals surface area contributed by atoms with Gasteiger partial charge in [0.25, 0.3) is 0 Å². The summed E-state index contributed by atoms with van der Waals surface area (Å²) < 4.78 is 30.1. The lowest BCUT2D eigenvalue weighted by atomic mass is 9.93. The van der Waals surface area contributed by atoms with Crippen molar-refractivity contribution in [3.63, 3.8) is 0 Å². The molecule has 1 unspecified atom stereocenters. The van der Waals surface area contributed by atoms with E-state index in [0.717, 1.165) is 5.56 Å². The van der Waals surface area contributed by atoms with E-state index in [4.69, 9.17) is 13.8 Å². The van der Waals surface area contributed by atoms with Crippen LogP contribution in [0.15, 0.2) is 30.3 Å². The second-order valence-electron chi connectivity index (χ2n) is 6.41. The van der Waals surface area contributed by atoms with Crippen molar-refractivity contribution in [2.24, 2.45) is 0 Å². The van der Waals surface area contributed by atoms with Gasteiger partial charge in [-0.25, -0.2) is 0 Å². The van der Waals surface area contributed by atoms with E-state index in [1.165, 1.54) is 0 Å². The Labute approximate surface area is 137 Å². The fourth-order valence-corrected chi connectivity index (χ4v) is 5.34. The highest BCUT2D eigenvalue weighted by molar-refractivity contribution is 7.54. The molecule has 1 aliphatic heterocycles. The molecule has 5 nitrogen and oxygen atoms in total. The quantitative estimate of drug-likeness (QED) is 0.548. The van der Waals surface area contributed by atoms with Crippen molar-refractivity contribution in [1.29, 1.82) is 0 Å². The molecule has 0 saturated carbocycles. The molecule has 1 atom stereocenters. The van der Waals surface area contributed by atoms with Crippen molar-refractivity contribution in [3.05, 3.63) is 35.9 Å². The van der Waals surface area contributed by atoms with Crippen molar-refractivity contribution >= 4 is 13.6 Å². The summed E-state index contributed by atoms with van der Waals surface area (Å²) >= 11 is 0. The average molecular weight is 340 g/mol. The van der Waals surface area contributed by atoms with Gasteiger partial charge in [0.1, 0.15) is 5.60 Å². The lowest BCUT2D eigenvalue weighted by molar-refractivity contribution is -0.147. The van der Waals surface area contributed by atoms with Crippen LogP contribution in [0.4, 0.5) is 0 Å². The number of carbonyl (C=O) groups is 1. The highest BCUT2D eigenvalue weighted by atomic mass is 31.2. The summed E-state index contributed by atoms with van der Waals surface area (Å²) in [5.41, 5.74) is -0.122. The molecule has 0 aromatic heterocycles. The summed E-state index contributed by atoms with van der Waals surface area (Å²) in [6, 6.07) is 9.41. The maximum atomic E-state index is 13.2. The van der Waals surface area contributed by atoms with Gasteiger partial charge in [-0.1, -0.05) is 30.3 Å². The van der Waals surface area contributed by atoms with Crippen LogP contribution in [0.2, 0.25) is 0 Å². The zero-order valence-corrected chi connectivity index (χ0v) is 15.0. The van der Waals surface area contributed by atoms with Crippen LogP contribution < -0.4 is 0 Å². The third kappa shape index (κ3) is 4.66. The zero-order valence-electron chi connectivity index (χ0n) is 14.2. The number of hydrogen-bond acceptors (Lipinski definition) is 5. The van der Waals surface area contributed by atoms with E-state index in [-0.39, 0.29) is 24.3 Å². The maximum absolute atomic E-state index is 13.2. The summed E-state index contributed by atoms with van der Waals surface area (Å²) in [6.07, 6.45) is 0.321. The molecule has 0 N–H and O–H groups in total. The predicted octanol–water partition coefficient (Wildman–Crippen LogP) is 4.26. The Morgan fingerprint density at radius 3 is 2.13 bits per heavy atom. The first-order chi connectivity index (χ1) is 10.7. The minimum Gasteiger partial charge on any atom is -0.453 e. The molecule has 0 aliphatic carbocycles. The van der Waals surface area contributed by atoms with Gasteiger partial charge in [0.05, 0.1) is 18.4 Å². The van der Waals surface area contributed by atoms with Crippen molar-refractivity contribution in [1.82, 2.24) is 0 Å². The van der Waals surface area contributed by atoms with Crippen LogP contribution >= 0.6 is 7.60 Å². The molecule has 0 bridgehead atoms. The highest BCUT2D eigenvalue weighted by Crippen LogP contribution is 2.57. The van der Waals surface area contributed by atoms with Crippen molar-refractivity contribution < 1.29 is 23.1 Å². The number of carbonyl (C=O) groups excluding carboxylic acids is 1. The zero-order chi connectivity index (χ0) is 17.1. The SMILES string of the molecule is CC(C)OP(=O)(CC1(c2ccccc2)CCC(=O)O1)OC(C)C. The van der Waals surface area contributed by atoms with Crippen LogP contribution in [0.5, 0.6) is 0 Å². The van der Waals surface area contributed by atoms with Gasteiger partial charge in [-0.05, 0) is 33.3 Å². The van der Waals surface area contributed by atoms with Crippen LogP contribution in [-0.4, -0.2) is 24.3 Å².